The summed E-state index contributed by atoms with van der Waals surface area (Å²) in [6, 6.07) is 0. The number of esters is 1. The number of amides is 2. The maximum atomic E-state index is 13.0. The van der Waals surface area contributed by atoms with Gasteiger partial charge in [-0.15, -0.1) is 0 Å². The van der Waals surface area contributed by atoms with Crippen molar-refractivity contribution < 1.29 is 23.9 Å². The van der Waals surface area contributed by atoms with Gasteiger partial charge in [-0.05, 0) is 46.5 Å². The van der Waals surface area contributed by atoms with Crippen molar-refractivity contribution in [1.82, 2.24) is 9.80 Å². The summed E-state index contributed by atoms with van der Waals surface area (Å²) < 4.78 is 10.1. The van der Waals surface area contributed by atoms with Crippen molar-refractivity contribution >= 4 is 18.0 Å². The van der Waals surface area contributed by atoms with Crippen molar-refractivity contribution in [2.45, 2.75) is 57.6 Å². The van der Waals surface area contributed by atoms with Crippen LogP contribution in [0, 0.1) is 0 Å². The Labute approximate surface area is 136 Å². The van der Waals surface area contributed by atoms with Crippen molar-refractivity contribution in [3.8, 4) is 0 Å². The van der Waals surface area contributed by atoms with Crippen molar-refractivity contribution in [2.24, 2.45) is 0 Å². The molecule has 2 fully saturated rings. The molecule has 1 spiro atoms. The Kier molecular flexibility index (Phi) is 4.87. The first-order valence-electron chi connectivity index (χ1n) is 8.06. The van der Waals surface area contributed by atoms with Gasteiger partial charge in [-0.25, -0.2) is 4.79 Å². The summed E-state index contributed by atoms with van der Waals surface area (Å²) in [6.07, 6.45) is 2.29. The highest BCUT2D eigenvalue weighted by Gasteiger charge is 2.54. The molecule has 0 aromatic carbocycles. The number of hydrogen-bond donors (Lipinski definition) is 0. The highest BCUT2D eigenvalue weighted by molar-refractivity contribution is 5.93. The lowest BCUT2D eigenvalue weighted by Gasteiger charge is -2.44. The molecule has 2 rings (SSSR count). The first-order valence-corrected chi connectivity index (χ1v) is 8.06. The third-order valence-corrected chi connectivity index (χ3v) is 4.35. The quantitative estimate of drug-likeness (QED) is 0.720. The van der Waals surface area contributed by atoms with Crippen LogP contribution in [0.5, 0.6) is 0 Å². The molecule has 2 amide bonds. The predicted molar refractivity (Wildman–Crippen MR) is 82.7 cm³/mol. The minimum atomic E-state index is -0.866. The third-order valence-electron chi connectivity index (χ3n) is 4.35. The smallest absolute Gasteiger partial charge is 0.411 e. The second kappa shape index (κ2) is 6.37. The molecular formula is C16H26N2O5. The fourth-order valence-electron chi connectivity index (χ4n) is 3.38. The first kappa shape index (κ1) is 17.6. The molecule has 0 aromatic rings. The Bertz CT molecular complexity index is 499. The fourth-order valence-corrected chi connectivity index (χ4v) is 3.38. The van der Waals surface area contributed by atoms with Crippen LogP contribution in [0.15, 0.2) is 0 Å². The molecule has 2 aliphatic rings. The Balaban J connectivity index is 2.19. The molecule has 0 saturated carbocycles. The predicted octanol–water partition coefficient (Wildman–Crippen LogP) is 1.55. The van der Waals surface area contributed by atoms with Crippen molar-refractivity contribution in [3.05, 3.63) is 0 Å². The van der Waals surface area contributed by atoms with Crippen LogP contribution < -0.4 is 0 Å². The zero-order chi connectivity index (χ0) is 17.3. The molecule has 0 aliphatic carbocycles. The van der Waals surface area contributed by atoms with Gasteiger partial charge in [-0.2, -0.15) is 0 Å². The summed E-state index contributed by atoms with van der Waals surface area (Å²) in [5, 5.41) is 0. The van der Waals surface area contributed by atoms with Crippen LogP contribution in [-0.2, 0) is 19.1 Å². The first-order chi connectivity index (χ1) is 10.7. The van der Waals surface area contributed by atoms with Gasteiger partial charge in [0.1, 0.15) is 17.7 Å². The van der Waals surface area contributed by atoms with Crippen LogP contribution in [0.4, 0.5) is 4.79 Å². The SMILES string of the molecule is COC(=O)CN1CCCC2(CCCN2C(=O)OC(C)(C)C)C1=O. The van der Waals surface area contributed by atoms with Crippen LogP contribution in [0.25, 0.3) is 0 Å². The number of nitrogens with zero attached hydrogens (tertiary/aromatic N) is 2. The summed E-state index contributed by atoms with van der Waals surface area (Å²) in [5.74, 6) is -0.616. The van der Waals surface area contributed by atoms with E-state index in [4.69, 9.17) is 4.74 Å². The normalized spacial score (nSPS) is 25.0. The Hall–Kier alpha value is -1.79. The van der Waals surface area contributed by atoms with E-state index < -0.39 is 23.2 Å². The van der Waals surface area contributed by atoms with Crippen LogP contribution in [-0.4, -0.2) is 65.7 Å². The number of carbonyl (C=O) groups is 3. The molecule has 0 bridgehead atoms. The summed E-state index contributed by atoms with van der Waals surface area (Å²) in [7, 11) is 1.30. The molecule has 0 radical (unpaired) electrons. The van der Waals surface area contributed by atoms with Gasteiger partial charge in [0, 0.05) is 13.1 Å². The van der Waals surface area contributed by atoms with Crippen LogP contribution in [0.3, 0.4) is 0 Å². The van der Waals surface area contributed by atoms with Gasteiger partial charge >= 0.3 is 12.1 Å². The fraction of sp³-hybridized carbons (Fsp3) is 0.812. The van der Waals surface area contributed by atoms with E-state index in [-0.39, 0.29) is 12.5 Å². The maximum absolute atomic E-state index is 13.0. The molecule has 23 heavy (non-hydrogen) atoms. The van der Waals surface area contributed by atoms with E-state index in [2.05, 4.69) is 4.74 Å². The van der Waals surface area contributed by atoms with E-state index in [1.807, 2.05) is 0 Å². The molecule has 0 aromatic heterocycles. The molecule has 130 valence electrons. The van der Waals surface area contributed by atoms with E-state index in [9.17, 15) is 14.4 Å². The summed E-state index contributed by atoms with van der Waals surface area (Å²) in [4.78, 5) is 40.0. The second-order valence-electron chi connectivity index (χ2n) is 7.17. The van der Waals surface area contributed by atoms with Gasteiger partial charge < -0.3 is 14.4 Å². The standard InChI is InChI=1S/C16H26N2O5/c1-15(2,3)23-14(21)18-10-6-8-16(18)7-5-9-17(13(16)20)11-12(19)22-4/h5-11H2,1-4H3. The average molecular weight is 326 g/mol. The largest absolute Gasteiger partial charge is 0.468 e. The van der Waals surface area contributed by atoms with E-state index in [1.165, 1.54) is 12.0 Å². The van der Waals surface area contributed by atoms with Crippen molar-refractivity contribution in [2.75, 3.05) is 26.7 Å². The number of hydrogen-bond acceptors (Lipinski definition) is 5. The van der Waals surface area contributed by atoms with Crippen molar-refractivity contribution in [1.29, 1.82) is 0 Å². The minimum Gasteiger partial charge on any atom is -0.468 e. The zero-order valence-corrected chi connectivity index (χ0v) is 14.4. The number of ether oxygens (including phenoxy) is 2. The number of rotatable bonds is 2. The molecule has 1 atom stereocenters. The number of piperidine rings is 1. The molecule has 0 N–H and O–H groups in total. The van der Waals surface area contributed by atoms with Gasteiger partial charge in [-0.3, -0.25) is 14.5 Å². The lowest BCUT2D eigenvalue weighted by Crippen LogP contribution is -2.62. The lowest BCUT2D eigenvalue weighted by atomic mass is 9.85. The van der Waals surface area contributed by atoms with Crippen LogP contribution >= 0.6 is 0 Å². The molecule has 7 heteroatoms. The molecule has 1 unspecified atom stereocenters. The monoisotopic (exact) mass is 326 g/mol. The molecular weight excluding hydrogens is 300 g/mol. The number of likely N-dealkylation sites (tertiary alicyclic amines) is 2. The average Bonchev–Trinajstić information content (AvgIpc) is 2.87. The summed E-state index contributed by atoms with van der Waals surface area (Å²) >= 11 is 0. The minimum absolute atomic E-state index is 0.0702. The highest BCUT2D eigenvalue weighted by Crippen LogP contribution is 2.39. The zero-order valence-electron chi connectivity index (χ0n) is 14.4. The number of methoxy groups -OCH3 is 1. The Morgan fingerprint density at radius 1 is 1.17 bits per heavy atom. The number of carbonyl (C=O) groups excluding carboxylic acids is 3. The summed E-state index contributed by atoms with van der Waals surface area (Å²) in [6.45, 7) is 6.36. The van der Waals surface area contributed by atoms with E-state index in [1.54, 1.807) is 25.7 Å². The topological polar surface area (TPSA) is 76.2 Å². The van der Waals surface area contributed by atoms with E-state index in [0.29, 0.717) is 25.9 Å². The van der Waals surface area contributed by atoms with E-state index >= 15 is 0 Å². The highest BCUT2D eigenvalue weighted by atomic mass is 16.6. The molecule has 2 saturated heterocycles. The van der Waals surface area contributed by atoms with Gasteiger partial charge in [0.15, 0.2) is 0 Å². The summed E-state index contributed by atoms with van der Waals surface area (Å²) in [5.41, 5.74) is -1.47. The van der Waals surface area contributed by atoms with Crippen LogP contribution in [0.2, 0.25) is 0 Å². The van der Waals surface area contributed by atoms with Gasteiger partial charge in [-0.1, -0.05) is 0 Å². The van der Waals surface area contributed by atoms with Crippen molar-refractivity contribution in [3.63, 3.8) is 0 Å². The van der Waals surface area contributed by atoms with Gasteiger partial charge in [0.25, 0.3) is 0 Å². The van der Waals surface area contributed by atoms with Crippen LogP contribution in [0.1, 0.15) is 46.5 Å². The van der Waals surface area contributed by atoms with Gasteiger partial charge in [0.05, 0.1) is 7.11 Å². The Morgan fingerprint density at radius 3 is 2.35 bits per heavy atom. The molecule has 2 aliphatic heterocycles. The molecule has 7 nitrogen and oxygen atoms in total. The van der Waals surface area contributed by atoms with Gasteiger partial charge in [0.2, 0.25) is 5.91 Å². The maximum Gasteiger partial charge on any atom is 0.411 e. The molecule has 2 heterocycles. The van der Waals surface area contributed by atoms with E-state index in [0.717, 1.165) is 12.8 Å². The third kappa shape index (κ3) is 3.59. The lowest BCUT2D eigenvalue weighted by molar-refractivity contribution is -0.154. The Morgan fingerprint density at radius 2 is 1.78 bits per heavy atom. The second-order valence-corrected chi connectivity index (χ2v) is 7.17.